The van der Waals surface area contributed by atoms with E-state index < -0.39 is 0 Å². The van der Waals surface area contributed by atoms with Crippen LogP contribution in [0.3, 0.4) is 0 Å². The number of hydrogen-bond acceptors (Lipinski definition) is 4. The smallest absolute Gasteiger partial charge is 0.251 e. The van der Waals surface area contributed by atoms with E-state index in [-0.39, 0.29) is 5.69 Å². The van der Waals surface area contributed by atoms with Crippen molar-refractivity contribution >= 4 is 0 Å². The van der Waals surface area contributed by atoms with Crippen molar-refractivity contribution in [2.75, 3.05) is 6.61 Å². The maximum atomic E-state index is 8.67. The zero-order chi connectivity index (χ0) is 9.10. The van der Waals surface area contributed by atoms with E-state index in [1.54, 1.807) is 0 Å². The van der Waals surface area contributed by atoms with Crippen molar-refractivity contribution in [2.45, 2.75) is 12.8 Å². The number of hydrogen-bond donors (Lipinski definition) is 0. The summed E-state index contributed by atoms with van der Waals surface area (Å²) in [5, 5.41) is 8.67. The highest BCUT2D eigenvalue weighted by molar-refractivity contribution is 5.29. The third-order valence-corrected chi connectivity index (χ3v) is 1.92. The number of rotatable bonds is 3. The Hall–Kier alpha value is -1.63. The molecule has 13 heavy (non-hydrogen) atoms. The standard InChI is InChI=1S/C9H9N3O/c10-5-8-9(12-4-3-11-8)13-6-7-1-2-7/h3-4,7H,1-2,6H2. The van der Waals surface area contributed by atoms with Crippen molar-refractivity contribution in [2.24, 2.45) is 5.92 Å². The molecule has 0 bridgehead atoms. The van der Waals surface area contributed by atoms with Gasteiger partial charge in [0.2, 0.25) is 5.69 Å². The molecule has 1 aliphatic rings. The van der Waals surface area contributed by atoms with Gasteiger partial charge in [-0.15, -0.1) is 0 Å². The molecular weight excluding hydrogens is 166 g/mol. The second kappa shape index (κ2) is 3.40. The molecule has 1 heterocycles. The number of nitrogens with zero attached hydrogens (tertiary/aromatic N) is 3. The van der Waals surface area contributed by atoms with E-state index in [1.807, 2.05) is 6.07 Å². The summed E-state index contributed by atoms with van der Waals surface area (Å²) in [5.41, 5.74) is 0.267. The number of nitriles is 1. The van der Waals surface area contributed by atoms with Crippen LogP contribution in [0.25, 0.3) is 0 Å². The lowest BCUT2D eigenvalue weighted by Crippen LogP contribution is -2.03. The van der Waals surface area contributed by atoms with Crippen molar-refractivity contribution in [1.82, 2.24) is 9.97 Å². The predicted octanol–water partition coefficient (Wildman–Crippen LogP) is 1.14. The lowest BCUT2D eigenvalue weighted by Gasteiger charge is -2.03. The third-order valence-electron chi connectivity index (χ3n) is 1.92. The Balaban J connectivity index is 2.05. The molecule has 4 heteroatoms. The number of aromatic nitrogens is 2. The summed E-state index contributed by atoms with van der Waals surface area (Å²) in [6.45, 7) is 0.660. The molecule has 1 aromatic heterocycles. The topological polar surface area (TPSA) is 58.8 Å². The molecule has 2 rings (SSSR count). The lowest BCUT2D eigenvalue weighted by atomic mass is 10.4. The molecule has 0 amide bonds. The summed E-state index contributed by atoms with van der Waals surface area (Å²) < 4.78 is 5.36. The van der Waals surface area contributed by atoms with E-state index in [2.05, 4.69) is 9.97 Å². The summed E-state index contributed by atoms with van der Waals surface area (Å²) in [4.78, 5) is 7.79. The average molecular weight is 175 g/mol. The fourth-order valence-corrected chi connectivity index (χ4v) is 0.989. The summed E-state index contributed by atoms with van der Waals surface area (Å²) in [7, 11) is 0. The summed E-state index contributed by atoms with van der Waals surface area (Å²) >= 11 is 0. The van der Waals surface area contributed by atoms with Crippen molar-refractivity contribution < 1.29 is 4.74 Å². The van der Waals surface area contributed by atoms with Crippen LogP contribution in [-0.2, 0) is 0 Å². The van der Waals surface area contributed by atoms with Gasteiger partial charge in [-0.25, -0.2) is 9.97 Å². The van der Waals surface area contributed by atoms with E-state index in [4.69, 9.17) is 10.00 Å². The zero-order valence-electron chi connectivity index (χ0n) is 7.10. The van der Waals surface area contributed by atoms with Crippen LogP contribution in [-0.4, -0.2) is 16.6 Å². The Morgan fingerprint density at radius 1 is 1.46 bits per heavy atom. The predicted molar refractivity (Wildman–Crippen MR) is 45.0 cm³/mol. The molecule has 0 N–H and O–H groups in total. The molecule has 1 aromatic rings. The first kappa shape index (κ1) is 7.99. The van der Waals surface area contributed by atoms with Crippen LogP contribution in [0.1, 0.15) is 18.5 Å². The molecule has 4 nitrogen and oxygen atoms in total. The first-order valence-electron chi connectivity index (χ1n) is 4.24. The first-order chi connectivity index (χ1) is 6.40. The van der Waals surface area contributed by atoms with Crippen molar-refractivity contribution in [3.63, 3.8) is 0 Å². The Labute approximate surface area is 76.2 Å². The molecule has 0 spiro atoms. The van der Waals surface area contributed by atoms with Gasteiger partial charge in [0.05, 0.1) is 6.61 Å². The average Bonchev–Trinajstić information content (AvgIpc) is 2.99. The second-order valence-corrected chi connectivity index (χ2v) is 3.08. The van der Waals surface area contributed by atoms with Crippen LogP contribution in [0.5, 0.6) is 5.88 Å². The molecular formula is C9H9N3O. The van der Waals surface area contributed by atoms with Crippen LogP contribution in [0.2, 0.25) is 0 Å². The van der Waals surface area contributed by atoms with Gasteiger partial charge in [-0.3, -0.25) is 0 Å². The Bertz CT molecular complexity index is 341. The van der Waals surface area contributed by atoms with Crippen LogP contribution in [0.4, 0.5) is 0 Å². The van der Waals surface area contributed by atoms with Crippen molar-refractivity contribution in [1.29, 1.82) is 5.26 Å². The monoisotopic (exact) mass is 175 g/mol. The molecule has 0 atom stereocenters. The van der Waals surface area contributed by atoms with Gasteiger partial charge in [-0.05, 0) is 18.8 Å². The maximum absolute atomic E-state index is 8.67. The SMILES string of the molecule is N#Cc1nccnc1OCC1CC1. The Morgan fingerprint density at radius 3 is 2.92 bits per heavy atom. The molecule has 0 unspecified atom stereocenters. The molecule has 1 saturated carbocycles. The lowest BCUT2D eigenvalue weighted by molar-refractivity contribution is 0.286. The van der Waals surface area contributed by atoms with Gasteiger partial charge in [0.15, 0.2) is 0 Å². The van der Waals surface area contributed by atoms with E-state index in [9.17, 15) is 0 Å². The van der Waals surface area contributed by atoms with Crippen LogP contribution in [0.15, 0.2) is 12.4 Å². The Morgan fingerprint density at radius 2 is 2.23 bits per heavy atom. The Kier molecular flexibility index (Phi) is 2.09. The molecule has 66 valence electrons. The molecule has 1 fully saturated rings. The quantitative estimate of drug-likeness (QED) is 0.691. The fourth-order valence-electron chi connectivity index (χ4n) is 0.989. The number of ether oxygens (including phenoxy) is 1. The van der Waals surface area contributed by atoms with Gasteiger partial charge >= 0.3 is 0 Å². The normalized spacial score (nSPS) is 15.0. The molecule has 0 saturated heterocycles. The second-order valence-electron chi connectivity index (χ2n) is 3.08. The maximum Gasteiger partial charge on any atom is 0.251 e. The van der Waals surface area contributed by atoms with Crippen LogP contribution < -0.4 is 4.74 Å². The minimum absolute atomic E-state index is 0.267. The molecule has 0 radical (unpaired) electrons. The van der Waals surface area contributed by atoms with Crippen LogP contribution in [0, 0.1) is 17.2 Å². The minimum Gasteiger partial charge on any atom is -0.475 e. The summed E-state index contributed by atoms with van der Waals surface area (Å²) in [6, 6.07) is 1.94. The van der Waals surface area contributed by atoms with E-state index in [0.29, 0.717) is 18.4 Å². The van der Waals surface area contributed by atoms with E-state index >= 15 is 0 Å². The highest BCUT2D eigenvalue weighted by Crippen LogP contribution is 2.29. The van der Waals surface area contributed by atoms with Crippen LogP contribution >= 0.6 is 0 Å². The minimum atomic E-state index is 0.267. The molecule has 0 aromatic carbocycles. The summed E-state index contributed by atoms with van der Waals surface area (Å²) in [6.07, 6.45) is 5.47. The van der Waals surface area contributed by atoms with Gasteiger partial charge in [-0.2, -0.15) is 5.26 Å². The third kappa shape index (κ3) is 1.94. The highest BCUT2D eigenvalue weighted by Gasteiger charge is 2.22. The van der Waals surface area contributed by atoms with E-state index in [0.717, 1.165) is 0 Å². The van der Waals surface area contributed by atoms with Gasteiger partial charge in [-0.1, -0.05) is 0 Å². The van der Waals surface area contributed by atoms with Gasteiger partial charge in [0.25, 0.3) is 5.88 Å². The summed E-state index contributed by atoms with van der Waals surface area (Å²) in [5.74, 6) is 1.02. The van der Waals surface area contributed by atoms with Crippen molar-refractivity contribution in [3.05, 3.63) is 18.1 Å². The van der Waals surface area contributed by atoms with Gasteiger partial charge in [0.1, 0.15) is 6.07 Å². The van der Waals surface area contributed by atoms with Gasteiger partial charge in [0, 0.05) is 12.4 Å². The first-order valence-corrected chi connectivity index (χ1v) is 4.24. The molecule has 0 aliphatic heterocycles. The largest absolute Gasteiger partial charge is 0.475 e. The van der Waals surface area contributed by atoms with Crippen molar-refractivity contribution in [3.8, 4) is 11.9 Å². The zero-order valence-corrected chi connectivity index (χ0v) is 7.10. The molecule has 1 aliphatic carbocycles. The van der Waals surface area contributed by atoms with Gasteiger partial charge < -0.3 is 4.74 Å². The fraction of sp³-hybridized carbons (Fsp3) is 0.444. The van der Waals surface area contributed by atoms with E-state index in [1.165, 1.54) is 25.2 Å². The highest BCUT2D eigenvalue weighted by atomic mass is 16.5.